The van der Waals surface area contributed by atoms with Gasteiger partial charge in [0.25, 0.3) is 0 Å². The maximum Gasteiger partial charge on any atom is 0.159 e. The van der Waals surface area contributed by atoms with Gasteiger partial charge in [-0.2, -0.15) is 0 Å². The third-order valence-electron chi connectivity index (χ3n) is 2.44. The Balaban J connectivity index is 2.46. The van der Waals surface area contributed by atoms with Crippen LogP contribution in [0.2, 0.25) is 5.02 Å². The number of aromatic nitrogens is 2. The van der Waals surface area contributed by atoms with Gasteiger partial charge in [0, 0.05) is 22.3 Å². The molecule has 0 aliphatic carbocycles. The normalized spacial score (nSPS) is 10.7. The minimum Gasteiger partial charge on any atom is -0.314 e. The fourth-order valence-corrected chi connectivity index (χ4v) is 2.17. The van der Waals surface area contributed by atoms with Gasteiger partial charge < -0.3 is 5.32 Å². The van der Waals surface area contributed by atoms with E-state index in [2.05, 4.69) is 31.2 Å². The van der Waals surface area contributed by atoms with E-state index in [9.17, 15) is 0 Å². The Bertz CT molecular complexity index is 572. The summed E-state index contributed by atoms with van der Waals surface area (Å²) in [6.45, 7) is 2.69. The van der Waals surface area contributed by atoms with Gasteiger partial charge in [-0.1, -0.05) is 11.6 Å². The Hall–Kier alpha value is -0.970. The van der Waals surface area contributed by atoms with Crippen molar-refractivity contribution in [3.8, 4) is 11.4 Å². The monoisotopic (exact) mass is 325 g/mol. The number of aryl methyl sites for hydroxylation is 1. The molecule has 0 saturated heterocycles. The Morgan fingerprint density at radius 3 is 2.72 bits per heavy atom. The van der Waals surface area contributed by atoms with Gasteiger partial charge in [0.15, 0.2) is 5.82 Å². The van der Waals surface area contributed by atoms with Gasteiger partial charge in [-0.05, 0) is 54.2 Å². The number of halogens is 2. The van der Waals surface area contributed by atoms with Crippen LogP contribution >= 0.6 is 27.5 Å². The molecule has 18 heavy (non-hydrogen) atoms. The molecule has 3 nitrogen and oxygen atoms in total. The van der Waals surface area contributed by atoms with Gasteiger partial charge >= 0.3 is 0 Å². The molecule has 5 heteroatoms. The third kappa shape index (κ3) is 3.07. The summed E-state index contributed by atoms with van der Waals surface area (Å²) in [5, 5.41) is 3.77. The zero-order chi connectivity index (χ0) is 13.1. The molecule has 0 amide bonds. The highest BCUT2D eigenvalue weighted by atomic mass is 79.9. The molecule has 94 valence electrons. The molecule has 1 heterocycles. The maximum absolute atomic E-state index is 5.98. The maximum atomic E-state index is 5.98. The number of hydrogen-bond acceptors (Lipinski definition) is 3. The Kier molecular flexibility index (Phi) is 4.32. The number of nitrogens with one attached hydrogen (secondary N) is 1. The van der Waals surface area contributed by atoms with Crippen molar-refractivity contribution in [3.05, 3.63) is 45.1 Å². The highest BCUT2D eigenvalue weighted by Gasteiger charge is 2.07. The molecule has 2 rings (SSSR count). The van der Waals surface area contributed by atoms with Crippen LogP contribution in [-0.2, 0) is 6.54 Å². The predicted molar refractivity (Wildman–Crippen MR) is 77.7 cm³/mol. The lowest BCUT2D eigenvalue weighted by Crippen LogP contribution is -2.08. The van der Waals surface area contributed by atoms with Crippen LogP contribution in [0.3, 0.4) is 0 Å². The summed E-state index contributed by atoms with van der Waals surface area (Å²) >= 11 is 9.39. The van der Waals surface area contributed by atoms with Gasteiger partial charge in [-0.3, -0.25) is 0 Å². The molecular weight excluding hydrogens is 314 g/mol. The quantitative estimate of drug-likeness (QED) is 0.936. The summed E-state index contributed by atoms with van der Waals surface area (Å²) in [5.41, 5.74) is 2.88. The highest BCUT2D eigenvalue weighted by molar-refractivity contribution is 9.10. The number of hydrogen-bond donors (Lipinski definition) is 1. The highest BCUT2D eigenvalue weighted by Crippen LogP contribution is 2.27. The van der Waals surface area contributed by atoms with Crippen molar-refractivity contribution >= 4 is 27.5 Å². The predicted octanol–water partition coefficient (Wildman–Crippen LogP) is 3.59. The summed E-state index contributed by atoms with van der Waals surface area (Å²) < 4.78 is 0.849. The van der Waals surface area contributed by atoms with Crippen molar-refractivity contribution in [2.24, 2.45) is 0 Å². The van der Waals surface area contributed by atoms with Crippen LogP contribution in [0.5, 0.6) is 0 Å². The van der Waals surface area contributed by atoms with E-state index in [1.165, 1.54) is 0 Å². The Morgan fingerprint density at radius 1 is 1.28 bits per heavy atom. The lowest BCUT2D eigenvalue weighted by molar-refractivity contribution is 0.785. The molecule has 1 aromatic heterocycles. The SMILES string of the molecule is CNCc1cc(C)nc(-c2ccc(Cl)c(Br)c2)n1. The fraction of sp³-hybridized carbons (Fsp3) is 0.231. The van der Waals surface area contributed by atoms with Crippen molar-refractivity contribution in [1.82, 2.24) is 15.3 Å². The second-order valence-electron chi connectivity index (χ2n) is 3.98. The van der Waals surface area contributed by atoms with Crippen LogP contribution in [0.15, 0.2) is 28.7 Å². The van der Waals surface area contributed by atoms with Gasteiger partial charge in [0.05, 0.1) is 10.7 Å². The van der Waals surface area contributed by atoms with Crippen molar-refractivity contribution < 1.29 is 0 Å². The smallest absolute Gasteiger partial charge is 0.159 e. The molecule has 0 aliphatic heterocycles. The van der Waals surface area contributed by atoms with Crippen LogP contribution in [0.4, 0.5) is 0 Å². The molecule has 0 aliphatic rings. The second kappa shape index (κ2) is 5.78. The van der Waals surface area contributed by atoms with E-state index in [-0.39, 0.29) is 0 Å². The van der Waals surface area contributed by atoms with E-state index in [4.69, 9.17) is 11.6 Å². The summed E-state index contributed by atoms with van der Waals surface area (Å²) in [7, 11) is 1.90. The summed E-state index contributed by atoms with van der Waals surface area (Å²) in [5.74, 6) is 0.720. The summed E-state index contributed by atoms with van der Waals surface area (Å²) in [6, 6.07) is 7.67. The molecule has 1 aromatic carbocycles. The first kappa shape index (κ1) is 13.5. The van der Waals surface area contributed by atoms with Gasteiger partial charge in [0.1, 0.15) is 0 Å². The van der Waals surface area contributed by atoms with Crippen molar-refractivity contribution in [1.29, 1.82) is 0 Å². The summed E-state index contributed by atoms with van der Waals surface area (Å²) in [4.78, 5) is 8.98. The average molecular weight is 327 g/mol. The van der Waals surface area contributed by atoms with Gasteiger partial charge in [-0.25, -0.2) is 9.97 Å². The number of benzene rings is 1. The van der Waals surface area contributed by atoms with E-state index in [0.29, 0.717) is 5.02 Å². The molecule has 1 N–H and O–H groups in total. The Morgan fingerprint density at radius 2 is 2.06 bits per heavy atom. The van der Waals surface area contributed by atoms with Gasteiger partial charge in [-0.15, -0.1) is 0 Å². The molecule has 0 spiro atoms. The van der Waals surface area contributed by atoms with E-state index in [1.54, 1.807) is 0 Å². The summed E-state index contributed by atoms with van der Waals surface area (Å²) in [6.07, 6.45) is 0. The molecule has 0 atom stereocenters. The molecule has 0 unspecified atom stereocenters. The zero-order valence-corrected chi connectivity index (χ0v) is 12.5. The minimum atomic E-state index is 0.682. The number of rotatable bonds is 3. The molecule has 0 saturated carbocycles. The zero-order valence-electron chi connectivity index (χ0n) is 10.2. The number of nitrogens with zero attached hydrogens (tertiary/aromatic N) is 2. The molecule has 2 aromatic rings. The van der Waals surface area contributed by atoms with Crippen molar-refractivity contribution in [2.75, 3.05) is 7.05 Å². The fourth-order valence-electron chi connectivity index (χ4n) is 1.67. The van der Waals surface area contributed by atoms with Crippen LogP contribution in [-0.4, -0.2) is 17.0 Å². The van der Waals surface area contributed by atoms with Crippen molar-refractivity contribution in [2.45, 2.75) is 13.5 Å². The lowest BCUT2D eigenvalue weighted by Gasteiger charge is -2.06. The van der Waals surface area contributed by atoms with Crippen LogP contribution < -0.4 is 5.32 Å². The molecule has 0 bridgehead atoms. The van der Waals surface area contributed by atoms with E-state index >= 15 is 0 Å². The molecule has 0 fully saturated rings. The molecule has 0 radical (unpaired) electrons. The topological polar surface area (TPSA) is 37.8 Å². The lowest BCUT2D eigenvalue weighted by atomic mass is 10.2. The first-order valence-electron chi connectivity index (χ1n) is 5.54. The standard InChI is InChI=1S/C13H13BrClN3/c1-8-5-10(7-16-2)18-13(17-8)9-3-4-12(15)11(14)6-9/h3-6,16H,7H2,1-2H3. The van der Waals surface area contributed by atoms with E-state index < -0.39 is 0 Å². The largest absolute Gasteiger partial charge is 0.314 e. The second-order valence-corrected chi connectivity index (χ2v) is 5.25. The van der Waals surface area contributed by atoms with E-state index in [0.717, 1.165) is 33.8 Å². The van der Waals surface area contributed by atoms with Crippen LogP contribution in [0.1, 0.15) is 11.4 Å². The molecular formula is C13H13BrClN3. The van der Waals surface area contributed by atoms with E-state index in [1.807, 2.05) is 38.2 Å². The first-order chi connectivity index (χ1) is 8.60. The van der Waals surface area contributed by atoms with Crippen LogP contribution in [0.25, 0.3) is 11.4 Å². The Labute approximate surface area is 120 Å². The van der Waals surface area contributed by atoms with Crippen LogP contribution in [0, 0.1) is 6.92 Å². The van der Waals surface area contributed by atoms with Gasteiger partial charge in [0.2, 0.25) is 0 Å². The first-order valence-corrected chi connectivity index (χ1v) is 6.72. The van der Waals surface area contributed by atoms with Crippen molar-refractivity contribution in [3.63, 3.8) is 0 Å². The third-order valence-corrected chi connectivity index (χ3v) is 3.66. The average Bonchev–Trinajstić information content (AvgIpc) is 2.32. The minimum absolute atomic E-state index is 0.682.